The topological polar surface area (TPSA) is 52.6 Å². The molecule has 2 aliphatic carbocycles. The summed E-state index contributed by atoms with van der Waals surface area (Å²) in [5.41, 5.74) is -1.00. The van der Waals surface area contributed by atoms with E-state index in [1.165, 1.54) is 0 Å². The molecule has 0 aromatic heterocycles. The van der Waals surface area contributed by atoms with Gasteiger partial charge in [-0.25, -0.2) is 0 Å². The van der Waals surface area contributed by atoms with E-state index in [1.54, 1.807) is 13.8 Å². The maximum Gasteiger partial charge on any atom is 0.323 e. The van der Waals surface area contributed by atoms with Gasteiger partial charge < -0.3 is 9.47 Å². The summed E-state index contributed by atoms with van der Waals surface area (Å²) in [5.74, 6) is 0.111. The Morgan fingerprint density at radius 3 is 1.06 bits per heavy atom. The van der Waals surface area contributed by atoms with Crippen LogP contribution in [0.1, 0.15) is 109 Å². The molecule has 0 saturated heterocycles. The van der Waals surface area contributed by atoms with E-state index in [0.717, 1.165) is 25.7 Å². The van der Waals surface area contributed by atoms with Crippen LogP contribution in [0, 0.1) is 38.9 Å². The maximum absolute atomic E-state index is 13.1. The summed E-state index contributed by atoms with van der Waals surface area (Å²) in [4.78, 5) is 26.2. The Balaban J connectivity index is 2.07. The Hall–Kier alpha value is -1.06. The van der Waals surface area contributed by atoms with E-state index in [9.17, 15) is 9.59 Å². The van der Waals surface area contributed by atoms with Crippen molar-refractivity contribution in [2.24, 2.45) is 38.9 Å². The van der Waals surface area contributed by atoms with Crippen LogP contribution in [0.15, 0.2) is 0 Å². The van der Waals surface area contributed by atoms with Crippen molar-refractivity contribution in [2.45, 2.75) is 121 Å². The molecule has 0 heterocycles. The maximum atomic E-state index is 13.1. The molecule has 0 radical (unpaired) electrons. The van der Waals surface area contributed by atoms with Crippen LogP contribution in [0.3, 0.4) is 0 Å². The van der Waals surface area contributed by atoms with Gasteiger partial charge in [-0.2, -0.15) is 0 Å². The van der Waals surface area contributed by atoms with Crippen LogP contribution >= 0.6 is 0 Å². The first kappa shape index (κ1) is 26.2. The first-order valence-electron chi connectivity index (χ1n) is 12.1. The molecule has 0 aromatic carbocycles. The highest BCUT2D eigenvalue weighted by Crippen LogP contribution is 2.52. The SMILES string of the molecule is CC1C(C)(C)CC(OC(=O)C(C)(C)C(=O)OC2CC(C)(C)C(C)C(C)(C)C2)CC1(C)C. The van der Waals surface area contributed by atoms with Gasteiger partial charge >= 0.3 is 11.9 Å². The fourth-order valence-corrected chi connectivity index (χ4v) is 6.16. The molecule has 31 heavy (non-hydrogen) atoms. The normalized spacial score (nSPS) is 33.9. The molecule has 0 unspecified atom stereocenters. The third-order valence-electron chi connectivity index (χ3n) is 9.27. The Morgan fingerprint density at radius 2 is 0.839 bits per heavy atom. The summed E-state index contributed by atoms with van der Waals surface area (Å²) in [6, 6.07) is 0. The second-order valence-electron chi connectivity index (χ2n) is 13.9. The highest BCUT2D eigenvalue weighted by atomic mass is 16.6. The summed E-state index contributed by atoms with van der Waals surface area (Å²) in [6.07, 6.45) is 2.92. The van der Waals surface area contributed by atoms with Crippen molar-refractivity contribution in [3.63, 3.8) is 0 Å². The average Bonchev–Trinajstić information content (AvgIpc) is 2.56. The van der Waals surface area contributed by atoms with E-state index in [0.29, 0.717) is 11.8 Å². The Kier molecular flexibility index (Phi) is 6.81. The van der Waals surface area contributed by atoms with Gasteiger partial charge in [0, 0.05) is 0 Å². The molecular weight excluding hydrogens is 388 g/mol. The zero-order chi connectivity index (χ0) is 24.2. The molecule has 0 amide bonds. The fraction of sp³-hybridized carbons (Fsp3) is 0.926. The van der Waals surface area contributed by atoms with Crippen LogP contribution in [-0.2, 0) is 19.1 Å². The number of ether oxygens (including phenoxy) is 2. The standard InChI is InChI=1S/C27H48O4/c1-17-23(3,4)13-19(14-24(17,5)6)30-21(28)27(11,12)22(29)31-20-15-25(7,8)18(2)26(9,10)16-20/h17-20H,13-16H2,1-12H3. The van der Waals surface area contributed by atoms with Crippen molar-refractivity contribution in [3.8, 4) is 0 Å². The van der Waals surface area contributed by atoms with E-state index in [4.69, 9.17) is 9.47 Å². The van der Waals surface area contributed by atoms with Crippen molar-refractivity contribution in [1.82, 2.24) is 0 Å². The molecule has 0 N–H and O–H groups in total. The van der Waals surface area contributed by atoms with Gasteiger partial charge in [0.15, 0.2) is 5.41 Å². The lowest BCUT2D eigenvalue weighted by atomic mass is 9.57. The quantitative estimate of drug-likeness (QED) is 0.359. The molecule has 180 valence electrons. The molecule has 0 bridgehead atoms. The largest absolute Gasteiger partial charge is 0.461 e. The summed E-state index contributed by atoms with van der Waals surface area (Å²) in [7, 11) is 0. The number of esters is 2. The second kappa shape index (κ2) is 8.06. The smallest absolute Gasteiger partial charge is 0.323 e. The average molecular weight is 437 g/mol. The monoisotopic (exact) mass is 436 g/mol. The Morgan fingerprint density at radius 1 is 0.613 bits per heavy atom. The number of hydrogen-bond acceptors (Lipinski definition) is 4. The van der Waals surface area contributed by atoms with Crippen LogP contribution < -0.4 is 0 Å². The Bertz CT molecular complexity index is 604. The predicted octanol–water partition coefficient (Wildman–Crippen LogP) is 6.80. The van der Waals surface area contributed by atoms with Crippen LogP contribution in [-0.4, -0.2) is 24.1 Å². The van der Waals surface area contributed by atoms with Crippen molar-refractivity contribution < 1.29 is 19.1 Å². The third kappa shape index (κ3) is 5.30. The van der Waals surface area contributed by atoms with Gasteiger partial charge in [-0.1, -0.05) is 69.2 Å². The molecule has 2 saturated carbocycles. The van der Waals surface area contributed by atoms with Crippen molar-refractivity contribution >= 4 is 11.9 Å². The number of carbonyl (C=O) groups excluding carboxylic acids is 2. The first-order chi connectivity index (χ1) is 13.7. The number of carbonyl (C=O) groups is 2. The van der Waals surface area contributed by atoms with Gasteiger partial charge in [0.1, 0.15) is 12.2 Å². The molecule has 0 spiro atoms. The minimum atomic E-state index is -1.31. The third-order valence-corrected chi connectivity index (χ3v) is 9.27. The van der Waals surface area contributed by atoms with Crippen molar-refractivity contribution in [2.75, 3.05) is 0 Å². The molecule has 0 atom stereocenters. The molecular formula is C27H48O4. The lowest BCUT2D eigenvalue weighted by Gasteiger charge is -2.51. The van der Waals surface area contributed by atoms with Gasteiger partial charge in [-0.15, -0.1) is 0 Å². The molecule has 2 aliphatic rings. The van der Waals surface area contributed by atoms with E-state index >= 15 is 0 Å². The van der Waals surface area contributed by atoms with Crippen molar-refractivity contribution in [3.05, 3.63) is 0 Å². The first-order valence-corrected chi connectivity index (χ1v) is 12.1. The van der Waals surface area contributed by atoms with E-state index in [-0.39, 0.29) is 33.9 Å². The summed E-state index contributed by atoms with van der Waals surface area (Å²) in [6.45, 7) is 25.8. The molecule has 0 aliphatic heterocycles. The minimum Gasteiger partial charge on any atom is -0.461 e. The Labute approximate surface area is 191 Å². The highest BCUT2D eigenvalue weighted by molar-refractivity contribution is 5.99. The van der Waals surface area contributed by atoms with Crippen LogP contribution in [0.2, 0.25) is 0 Å². The van der Waals surface area contributed by atoms with Crippen LogP contribution in [0.4, 0.5) is 0 Å². The van der Waals surface area contributed by atoms with E-state index in [1.807, 2.05) is 0 Å². The van der Waals surface area contributed by atoms with Crippen LogP contribution in [0.25, 0.3) is 0 Å². The summed E-state index contributed by atoms with van der Waals surface area (Å²) >= 11 is 0. The lowest BCUT2D eigenvalue weighted by molar-refractivity contribution is -0.184. The second-order valence-corrected chi connectivity index (χ2v) is 13.9. The molecule has 0 aromatic rings. The van der Waals surface area contributed by atoms with Gasteiger partial charge in [0.25, 0.3) is 0 Å². The minimum absolute atomic E-state index is 0.0767. The lowest BCUT2D eigenvalue weighted by Crippen LogP contribution is -2.49. The van der Waals surface area contributed by atoms with Gasteiger partial charge in [-0.05, 0) is 73.0 Å². The van der Waals surface area contributed by atoms with E-state index in [2.05, 4.69) is 69.2 Å². The van der Waals surface area contributed by atoms with Crippen molar-refractivity contribution in [1.29, 1.82) is 0 Å². The molecule has 4 nitrogen and oxygen atoms in total. The fourth-order valence-electron chi connectivity index (χ4n) is 6.16. The number of rotatable bonds is 4. The summed E-state index contributed by atoms with van der Waals surface area (Å²) in [5, 5.41) is 0. The highest BCUT2D eigenvalue weighted by Gasteiger charge is 2.50. The molecule has 4 heteroatoms. The van der Waals surface area contributed by atoms with Gasteiger partial charge in [0.2, 0.25) is 0 Å². The molecule has 2 rings (SSSR count). The van der Waals surface area contributed by atoms with E-state index < -0.39 is 17.4 Å². The molecule has 2 fully saturated rings. The predicted molar refractivity (Wildman–Crippen MR) is 125 cm³/mol. The summed E-state index contributed by atoms with van der Waals surface area (Å²) < 4.78 is 11.9. The zero-order valence-electron chi connectivity index (χ0n) is 22.3. The van der Waals surface area contributed by atoms with Gasteiger partial charge in [-0.3, -0.25) is 9.59 Å². The zero-order valence-corrected chi connectivity index (χ0v) is 22.3. The van der Waals surface area contributed by atoms with Gasteiger partial charge in [0.05, 0.1) is 0 Å². The van der Waals surface area contributed by atoms with Crippen LogP contribution in [0.5, 0.6) is 0 Å². The number of hydrogen-bond donors (Lipinski definition) is 0.